The lowest BCUT2D eigenvalue weighted by Gasteiger charge is -1.93. The van der Waals surface area contributed by atoms with Gasteiger partial charge in [0.15, 0.2) is 0 Å². The van der Waals surface area contributed by atoms with Crippen molar-refractivity contribution in [2.75, 3.05) is 0 Å². The molecule has 2 aromatic heterocycles. The summed E-state index contributed by atoms with van der Waals surface area (Å²) in [4.78, 5) is 7.82. The van der Waals surface area contributed by atoms with Crippen LogP contribution in [0.25, 0.3) is 22.4 Å². The SMILES string of the molecule is CCc1ccc2nc(-c3cn[nH]c3)[nH]c2c1. The lowest BCUT2D eigenvalue weighted by molar-refractivity contribution is 1.09. The molecule has 0 spiro atoms. The molecule has 0 aliphatic heterocycles. The van der Waals surface area contributed by atoms with Crippen LogP contribution in [0.3, 0.4) is 0 Å². The predicted octanol–water partition coefficient (Wildman–Crippen LogP) is 2.52. The van der Waals surface area contributed by atoms with E-state index in [1.165, 1.54) is 5.56 Å². The van der Waals surface area contributed by atoms with Crippen molar-refractivity contribution in [3.8, 4) is 11.4 Å². The van der Waals surface area contributed by atoms with Gasteiger partial charge in [-0.3, -0.25) is 5.10 Å². The van der Waals surface area contributed by atoms with Gasteiger partial charge in [0.25, 0.3) is 0 Å². The second-order valence-corrected chi connectivity index (χ2v) is 3.78. The lowest BCUT2D eigenvalue weighted by Crippen LogP contribution is -1.78. The molecule has 0 saturated carbocycles. The number of H-pyrrole nitrogens is 2. The Hall–Kier alpha value is -2.10. The third-order valence-corrected chi connectivity index (χ3v) is 2.73. The molecule has 80 valence electrons. The maximum absolute atomic E-state index is 4.52. The molecule has 0 saturated heterocycles. The highest BCUT2D eigenvalue weighted by Crippen LogP contribution is 2.20. The van der Waals surface area contributed by atoms with Crippen molar-refractivity contribution in [3.63, 3.8) is 0 Å². The van der Waals surface area contributed by atoms with Crippen LogP contribution in [0.1, 0.15) is 12.5 Å². The second kappa shape index (κ2) is 3.48. The molecule has 0 bridgehead atoms. The van der Waals surface area contributed by atoms with Crippen molar-refractivity contribution in [1.82, 2.24) is 20.2 Å². The molecule has 1 aromatic carbocycles. The minimum absolute atomic E-state index is 0.858. The number of aromatic nitrogens is 4. The maximum atomic E-state index is 4.52. The summed E-state index contributed by atoms with van der Waals surface area (Å²) in [5.41, 5.74) is 4.37. The average molecular weight is 212 g/mol. The molecule has 2 heterocycles. The van der Waals surface area contributed by atoms with Crippen molar-refractivity contribution >= 4 is 11.0 Å². The fourth-order valence-corrected chi connectivity index (χ4v) is 1.79. The van der Waals surface area contributed by atoms with Crippen molar-refractivity contribution in [2.45, 2.75) is 13.3 Å². The molecule has 3 rings (SSSR count). The zero-order chi connectivity index (χ0) is 11.0. The lowest BCUT2D eigenvalue weighted by atomic mass is 10.1. The summed E-state index contributed by atoms with van der Waals surface area (Å²) in [7, 11) is 0. The number of nitrogens with zero attached hydrogens (tertiary/aromatic N) is 2. The number of fused-ring (bicyclic) bond motifs is 1. The number of benzene rings is 1. The molecule has 0 unspecified atom stereocenters. The van der Waals surface area contributed by atoms with E-state index in [0.717, 1.165) is 28.8 Å². The van der Waals surface area contributed by atoms with E-state index in [4.69, 9.17) is 0 Å². The summed E-state index contributed by atoms with van der Waals surface area (Å²) in [6.45, 7) is 2.15. The number of hydrogen-bond donors (Lipinski definition) is 2. The van der Waals surface area contributed by atoms with Gasteiger partial charge in [0.05, 0.1) is 22.8 Å². The van der Waals surface area contributed by atoms with Crippen LogP contribution in [-0.4, -0.2) is 20.2 Å². The van der Waals surface area contributed by atoms with Gasteiger partial charge < -0.3 is 4.98 Å². The normalized spacial score (nSPS) is 11.1. The van der Waals surface area contributed by atoms with E-state index in [9.17, 15) is 0 Å². The molecule has 16 heavy (non-hydrogen) atoms. The first-order chi connectivity index (χ1) is 7.86. The zero-order valence-electron chi connectivity index (χ0n) is 8.99. The predicted molar refractivity (Wildman–Crippen MR) is 63.1 cm³/mol. The first-order valence-corrected chi connectivity index (χ1v) is 5.34. The molecule has 4 nitrogen and oxygen atoms in total. The van der Waals surface area contributed by atoms with Gasteiger partial charge in [0.2, 0.25) is 0 Å². The Morgan fingerprint density at radius 2 is 2.25 bits per heavy atom. The second-order valence-electron chi connectivity index (χ2n) is 3.78. The topological polar surface area (TPSA) is 57.4 Å². The highest BCUT2D eigenvalue weighted by atomic mass is 15.1. The van der Waals surface area contributed by atoms with Gasteiger partial charge in [0, 0.05) is 6.20 Å². The molecular formula is C12H12N4. The Bertz CT molecular complexity index is 607. The molecule has 3 aromatic rings. The van der Waals surface area contributed by atoms with Gasteiger partial charge in [-0.1, -0.05) is 13.0 Å². The number of hydrogen-bond acceptors (Lipinski definition) is 2. The number of imidazole rings is 1. The minimum atomic E-state index is 0.858. The molecular weight excluding hydrogens is 200 g/mol. The van der Waals surface area contributed by atoms with Crippen LogP contribution in [0.4, 0.5) is 0 Å². The van der Waals surface area contributed by atoms with Crippen molar-refractivity contribution in [1.29, 1.82) is 0 Å². The summed E-state index contributed by atoms with van der Waals surface area (Å²) in [5, 5.41) is 6.70. The van der Waals surface area contributed by atoms with Crippen molar-refractivity contribution < 1.29 is 0 Å². The Kier molecular flexibility index (Phi) is 1.99. The summed E-state index contributed by atoms with van der Waals surface area (Å²) in [5.74, 6) is 0.858. The Morgan fingerprint density at radius 3 is 3.00 bits per heavy atom. The van der Waals surface area contributed by atoms with Gasteiger partial charge in [-0.15, -0.1) is 0 Å². The van der Waals surface area contributed by atoms with Crippen molar-refractivity contribution in [2.24, 2.45) is 0 Å². The number of nitrogens with one attached hydrogen (secondary N) is 2. The molecule has 0 aliphatic rings. The largest absolute Gasteiger partial charge is 0.338 e. The van der Waals surface area contributed by atoms with Crippen LogP contribution < -0.4 is 0 Å². The third kappa shape index (κ3) is 1.39. The van der Waals surface area contributed by atoms with E-state index in [-0.39, 0.29) is 0 Å². The summed E-state index contributed by atoms with van der Waals surface area (Å²) >= 11 is 0. The number of aromatic amines is 2. The maximum Gasteiger partial charge on any atom is 0.141 e. The highest BCUT2D eigenvalue weighted by Gasteiger charge is 2.05. The van der Waals surface area contributed by atoms with Gasteiger partial charge in [-0.2, -0.15) is 5.10 Å². The van der Waals surface area contributed by atoms with E-state index in [2.05, 4.69) is 39.2 Å². The first kappa shape index (κ1) is 9.15. The van der Waals surface area contributed by atoms with Gasteiger partial charge in [0.1, 0.15) is 5.82 Å². The first-order valence-electron chi connectivity index (χ1n) is 5.34. The van der Waals surface area contributed by atoms with Gasteiger partial charge >= 0.3 is 0 Å². The van der Waals surface area contributed by atoms with Gasteiger partial charge in [-0.25, -0.2) is 4.98 Å². The van der Waals surface area contributed by atoms with Crippen molar-refractivity contribution in [3.05, 3.63) is 36.2 Å². The summed E-state index contributed by atoms with van der Waals surface area (Å²) in [6.07, 6.45) is 4.63. The number of aryl methyl sites for hydroxylation is 1. The van der Waals surface area contributed by atoms with E-state index < -0.39 is 0 Å². The third-order valence-electron chi connectivity index (χ3n) is 2.73. The van der Waals surface area contributed by atoms with Crippen LogP contribution in [0.15, 0.2) is 30.6 Å². The molecule has 0 atom stereocenters. The fraction of sp³-hybridized carbons (Fsp3) is 0.167. The molecule has 0 aliphatic carbocycles. The smallest absolute Gasteiger partial charge is 0.141 e. The molecule has 0 fully saturated rings. The number of rotatable bonds is 2. The van der Waals surface area contributed by atoms with Crippen LogP contribution in [0.2, 0.25) is 0 Å². The highest BCUT2D eigenvalue weighted by molar-refractivity contribution is 5.79. The van der Waals surface area contributed by atoms with E-state index in [1.807, 2.05) is 12.3 Å². The van der Waals surface area contributed by atoms with E-state index >= 15 is 0 Å². The van der Waals surface area contributed by atoms with Crippen LogP contribution in [0.5, 0.6) is 0 Å². The Morgan fingerprint density at radius 1 is 1.31 bits per heavy atom. The molecule has 0 radical (unpaired) electrons. The molecule has 4 heteroatoms. The van der Waals surface area contributed by atoms with Crippen LogP contribution in [0, 0.1) is 0 Å². The summed E-state index contributed by atoms with van der Waals surface area (Å²) in [6, 6.07) is 6.31. The molecule has 0 amide bonds. The Labute approximate surface area is 92.7 Å². The van der Waals surface area contributed by atoms with E-state index in [1.54, 1.807) is 6.20 Å². The quantitative estimate of drug-likeness (QED) is 0.685. The average Bonchev–Trinajstić information content (AvgIpc) is 2.96. The fourth-order valence-electron chi connectivity index (χ4n) is 1.79. The Balaban J connectivity index is 2.16. The molecule has 2 N–H and O–H groups in total. The van der Waals surface area contributed by atoms with Crippen LogP contribution in [-0.2, 0) is 6.42 Å². The van der Waals surface area contributed by atoms with E-state index in [0.29, 0.717) is 0 Å². The zero-order valence-corrected chi connectivity index (χ0v) is 8.99. The van der Waals surface area contributed by atoms with Crippen LogP contribution >= 0.6 is 0 Å². The minimum Gasteiger partial charge on any atom is -0.338 e. The monoisotopic (exact) mass is 212 g/mol. The van der Waals surface area contributed by atoms with Gasteiger partial charge in [-0.05, 0) is 24.1 Å². The summed E-state index contributed by atoms with van der Waals surface area (Å²) < 4.78 is 0. The standard InChI is InChI=1S/C12H12N4/c1-2-8-3-4-10-11(5-8)16-12(15-10)9-6-13-14-7-9/h3-7H,2H2,1H3,(H,13,14)(H,15,16).